The summed E-state index contributed by atoms with van der Waals surface area (Å²) in [5.41, 5.74) is 1.58. The number of methoxy groups -OCH3 is 1. The maximum Gasteiger partial charge on any atom is 0.300 e. The largest absolute Gasteiger partial charge is 0.507 e. The van der Waals surface area contributed by atoms with Crippen LogP contribution in [0.1, 0.15) is 29.7 Å². The molecule has 6 nitrogen and oxygen atoms in total. The van der Waals surface area contributed by atoms with E-state index in [-0.39, 0.29) is 23.0 Å². The minimum atomic E-state index is -1.14. The van der Waals surface area contributed by atoms with E-state index in [1.165, 1.54) is 30.2 Å². The number of fused-ring (bicyclic) bond motifs is 1. The summed E-state index contributed by atoms with van der Waals surface area (Å²) in [5, 5.41) is 11.3. The van der Waals surface area contributed by atoms with Gasteiger partial charge < -0.3 is 14.6 Å². The van der Waals surface area contributed by atoms with Crippen molar-refractivity contribution in [2.24, 2.45) is 0 Å². The van der Waals surface area contributed by atoms with Gasteiger partial charge in [0, 0.05) is 23.2 Å². The van der Waals surface area contributed by atoms with Crippen molar-refractivity contribution < 1.29 is 28.6 Å². The molecular weight excluding hydrogens is 437 g/mol. The number of Topliss-reactive ketones (excluding diaryl/α,β-unsaturated/α-hetero) is 1. The van der Waals surface area contributed by atoms with Crippen LogP contribution in [0, 0.1) is 5.82 Å². The molecule has 172 valence electrons. The Kier molecular flexibility index (Phi) is 5.32. The van der Waals surface area contributed by atoms with Crippen molar-refractivity contribution in [3.8, 4) is 11.5 Å². The zero-order valence-corrected chi connectivity index (χ0v) is 18.6. The van der Waals surface area contributed by atoms with Gasteiger partial charge in [-0.25, -0.2) is 4.39 Å². The highest BCUT2D eigenvalue weighted by Gasteiger charge is 2.47. The highest BCUT2D eigenvalue weighted by molar-refractivity contribution is 6.51. The molecule has 2 aliphatic rings. The summed E-state index contributed by atoms with van der Waals surface area (Å²) in [6.07, 6.45) is 0.666. The summed E-state index contributed by atoms with van der Waals surface area (Å²) in [4.78, 5) is 27.6. The Morgan fingerprint density at radius 2 is 1.82 bits per heavy atom. The third-order valence-electron chi connectivity index (χ3n) is 6.16. The number of benzene rings is 3. The van der Waals surface area contributed by atoms with Gasteiger partial charge in [-0.2, -0.15) is 0 Å². The number of amides is 1. The SMILES string of the molecule is COc1ccc(N2C(=O)C(=O)/C(=C(/O)c3ccc4c(c3)CC(C)O4)C2c2ccccc2F)cc1. The maximum atomic E-state index is 15.0. The molecule has 0 saturated carbocycles. The van der Waals surface area contributed by atoms with Crippen LogP contribution in [0.2, 0.25) is 0 Å². The van der Waals surface area contributed by atoms with E-state index in [0.29, 0.717) is 29.2 Å². The van der Waals surface area contributed by atoms with Crippen molar-refractivity contribution in [2.75, 3.05) is 12.0 Å². The summed E-state index contributed by atoms with van der Waals surface area (Å²) in [6, 6.07) is 16.4. The molecule has 0 aliphatic carbocycles. The Morgan fingerprint density at radius 1 is 1.09 bits per heavy atom. The van der Waals surface area contributed by atoms with E-state index in [0.717, 1.165) is 5.56 Å². The van der Waals surface area contributed by atoms with Crippen molar-refractivity contribution in [3.63, 3.8) is 0 Å². The molecule has 0 bridgehead atoms. The third kappa shape index (κ3) is 3.50. The molecule has 2 aliphatic heterocycles. The first-order valence-corrected chi connectivity index (χ1v) is 10.9. The number of hydrogen-bond donors (Lipinski definition) is 1. The molecule has 34 heavy (non-hydrogen) atoms. The molecule has 0 spiro atoms. The number of hydrogen-bond acceptors (Lipinski definition) is 5. The lowest BCUT2D eigenvalue weighted by Crippen LogP contribution is -2.29. The number of carbonyl (C=O) groups excluding carboxylic acids is 2. The van der Waals surface area contributed by atoms with Crippen molar-refractivity contribution in [1.29, 1.82) is 0 Å². The van der Waals surface area contributed by atoms with Crippen molar-refractivity contribution in [3.05, 3.63) is 94.8 Å². The second kappa shape index (κ2) is 8.33. The van der Waals surface area contributed by atoms with Crippen LogP contribution in [0.3, 0.4) is 0 Å². The van der Waals surface area contributed by atoms with Gasteiger partial charge in [-0.3, -0.25) is 14.5 Å². The average Bonchev–Trinajstić information content (AvgIpc) is 3.34. The smallest absolute Gasteiger partial charge is 0.300 e. The first-order valence-electron chi connectivity index (χ1n) is 10.9. The fourth-order valence-electron chi connectivity index (χ4n) is 4.56. The average molecular weight is 459 g/mol. The highest BCUT2D eigenvalue weighted by Crippen LogP contribution is 2.43. The van der Waals surface area contributed by atoms with Gasteiger partial charge >= 0.3 is 0 Å². The summed E-state index contributed by atoms with van der Waals surface area (Å²) >= 11 is 0. The van der Waals surface area contributed by atoms with Crippen LogP contribution >= 0.6 is 0 Å². The van der Waals surface area contributed by atoms with Crippen LogP contribution in [-0.4, -0.2) is 30.0 Å². The summed E-state index contributed by atoms with van der Waals surface area (Å²) in [5.74, 6) is -1.39. The van der Waals surface area contributed by atoms with Gasteiger partial charge in [0.05, 0.1) is 18.7 Å². The number of nitrogens with zero attached hydrogens (tertiary/aromatic N) is 1. The quantitative estimate of drug-likeness (QED) is 0.345. The molecule has 1 N–H and O–H groups in total. The predicted octanol–water partition coefficient (Wildman–Crippen LogP) is 4.78. The minimum Gasteiger partial charge on any atom is -0.507 e. The number of ketones is 1. The van der Waals surface area contributed by atoms with Crippen LogP contribution in [-0.2, 0) is 16.0 Å². The maximum absolute atomic E-state index is 15.0. The van der Waals surface area contributed by atoms with Gasteiger partial charge in [-0.05, 0) is 61.0 Å². The van der Waals surface area contributed by atoms with E-state index in [4.69, 9.17) is 9.47 Å². The third-order valence-corrected chi connectivity index (χ3v) is 6.16. The van der Waals surface area contributed by atoms with Crippen LogP contribution in [0.25, 0.3) is 5.76 Å². The summed E-state index contributed by atoms with van der Waals surface area (Å²) in [6.45, 7) is 1.94. The fourth-order valence-corrected chi connectivity index (χ4v) is 4.56. The molecule has 1 amide bonds. The minimum absolute atomic E-state index is 0.00598. The number of halogens is 1. The number of carbonyl (C=O) groups is 2. The molecule has 5 rings (SSSR count). The molecule has 3 aromatic rings. The zero-order chi connectivity index (χ0) is 24.0. The molecule has 7 heteroatoms. The van der Waals surface area contributed by atoms with E-state index in [1.54, 1.807) is 48.5 Å². The molecule has 0 aromatic heterocycles. The van der Waals surface area contributed by atoms with Gasteiger partial charge in [-0.1, -0.05) is 18.2 Å². The van der Waals surface area contributed by atoms with Crippen LogP contribution in [0.15, 0.2) is 72.3 Å². The standard InChI is InChI=1S/C27H22FNO5/c1-15-13-17-14-16(7-12-22(17)34-15)25(30)23-24(20-5-3-4-6-21(20)28)29(27(32)26(23)31)18-8-10-19(33-2)11-9-18/h3-12,14-15,24,30H,13H2,1-2H3/b25-23+. The van der Waals surface area contributed by atoms with E-state index in [9.17, 15) is 19.1 Å². The number of ether oxygens (including phenoxy) is 2. The van der Waals surface area contributed by atoms with Gasteiger partial charge in [0.1, 0.15) is 29.2 Å². The summed E-state index contributed by atoms with van der Waals surface area (Å²) < 4.78 is 25.9. The van der Waals surface area contributed by atoms with Gasteiger partial charge in [-0.15, -0.1) is 0 Å². The van der Waals surface area contributed by atoms with E-state index < -0.39 is 23.5 Å². The van der Waals surface area contributed by atoms with Gasteiger partial charge in [0.2, 0.25) is 0 Å². The lowest BCUT2D eigenvalue weighted by molar-refractivity contribution is -0.132. The van der Waals surface area contributed by atoms with E-state index in [2.05, 4.69) is 0 Å². The lowest BCUT2D eigenvalue weighted by Gasteiger charge is -2.26. The second-order valence-corrected chi connectivity index (χ2v) is 8.34. The molecule has 1 saturated heterocycles. The van der Waals surface area contributed by atoms with E-state index >= 15 is 0 Å². The summed E-state index contributed by atoms with van der Waals surface area (Å²) in [7, 11) is 1.52. The van der Waals surface area contributed by atoms with Crippen LogP contribution in [0.4, 0.5) is 10.1 Å². The molecule has 2 heterocycles. The molecule has 2 atom stereocenters. The molecular formula is C27H22FNO5. The Labute approximate surface area is 195 Å². The molecule has 0 radical (unpaired) electrons. The molecule has 3 aromatic carbocycles. The molecule has 2 unspecified atom stereocenters. The zero-order valence-electron chi connectivity index (χ0n) is 18.6. The number of anilines is 1. The van der Waals surface area contributed by atoms with Crippen molar-refractivity contribution in [1.82, 2.24) is 0 Å². The predicted molar refractivity (Wildman–Crippen MR) is 124 cm³/mol. The normalized spacial score (nSPS) is 20.9. The van der Waals surface area contributed by atoms with Gasteiger partial charge in [0.15, 0.2) is 0 Å². The van der Waals surface area contributed by atoms with Crippen LogP contribution < -0.4 is 14.4 Å². The highest BCUT2D eigenvalue weighted by atomic mass is 19.1. The van der Waals surface area contributed by atoms with Crippen molar-refractivity contribution in [2.45, 2.75) is 25.5 Å². The second-order valence-electron chi connectivity index (χ2n) is 8.34. The molecule has 1 fully saturated rings. The Balaban J connectivity index is 1.69. The fraction of sp³-hybridized carbons (Fsp3) is 0.185. The number of rotatable bonds is 4. The lowest BCUT2D eigenvalue weighted by atomic mass is 9.94. The van der Waals surface area contributed by atoms with Gasteiger partial charge in [0.25, 0.3) is 11.7 Å². The Bertz CT molecular complexity index is 1330. The number of aliphatic hydroxyl groups excluding tert-OH is 1. The number of aliphatic hydroxyl groups is 1. The van der Waals surface area contributed by atoms with Crippen molar-refractivity contribution >= 4 is 23.1 Å². The van der Waals surface area contributed by atoms with E-state index in [1.807, 2.05) is 6.92 Å². The topological polar surface area (TPSA) is 76.1 Å². The Morgan fingerprint density at radius 3 is 2.53 bits per heavy atom. The first kappa shape index (κ1) is 21.7. The Hall–Kier alpha value is -4.13. The monoisotopic (exact) mass is 459 g/mol. The first-order chi connectivity index (χ1) is 16.4. The van der Waals surface area contributed by atoms with Crippen LogP contribution in [0.5, 0.6) is 11.5 Å².